The van der Waals surface area contributed by atoms with E-state index in [0.717, 1.165) is 0 Å². The maximum atomic E-state index is 12.4. The Morgan fingerprint density at radius 2 is 1.59 bits per heavy atom. The van der Waals surface area contributed by atoms with Crippen molar-refractivity contribution >= 4 is 22.9 Å². The van der Waals surface area contributed by atoms with Crippen molar-refractivity contribution in [1.82, 2.24) is 0 Å². The molecule has 4 rings (SSSR count). The van der Waals surface area contributed by atoms with Crippen molar-refractivity contribution in [2.75, 3.05) is 14.2 Å². The van der Waals surface area contributed by atoms with Crippen molar-refractivity contribution in [2.45, 2.75) is 0 Å². The average molecular weight is 436 g/mol. The van der Waals surface area contributed by atoms with Crippen LogP contribution in [0.1, 0.15) is 20.7 Å². The molecule has 162 valence electrons. The minimum atomic E-state index is -1.28. The van der Waals surface area contributed by atoms with Crippen LogP contribution in [0.3, 0.4) is 0 Å². The zero-order valence-corrected chi connectivity index (χ0v) is 16.8. The number of phenolic OH excluding ortho intramolecular Hbond substituents is 1. The number of ether oxygens (including phenoxy) is 2. The summed E-state index contributed by atoms with van der Waals surface area (Å²) in [7, 11) is 2.59. The molecular formula is C23H16O9. The minimum absolute atomic E-state index is 0.0107. The van der Waals surface area contributed by atoms with Crippen LogP contribution in [-0.4, -0.2) is 41.5 Å². The van der Waals surface area contributed by atoms with E-state index in [2.05, 4.69) is 0 Å². The second-order valence-electron chi connectivity index (χ2n) is 6.82. The first kappa shape index (κ1) is 20.7. The monoisotopic (exact) mass is 436 g/mol. The van der Waals surface area contributed by atoms with E-state index in [1.165, 1.54) is 56.7 Å². The molecule has 0 amide bonds. The number of methoxy groups -OCH3 is 2. The quantitative estimate of drug-likeness (QED) is 0.399. The molecule has 0 saturated heterocycles. The predicted octanol–water partition coefficient (Wildman–Crippen LogP) is 3.68. The zero-order chi connectivity index (χ0) is 23.2. The molecule has 2 aliphatic rings. The molecule has 0 radical (unpaired) electrons. The van der Waals surface area contributed by atoms with Crippen molar-refractivity contribution in [1.29, 1.82) is 0 Å². The van der Waals surface area contributed by atoms with E-state index in [1.807, 2.05) is 0 Å². The molecular weight excluding hydrogens is 420 g/mol. The summed E-state index contributed by atoms with van der Waals surface area (Å²) in [5.41, 5.74) is -0.0881. The van der Waals surface area contributed by atoms with Crippen LogP contribution in [0.2, 0.25) is 0 Å². The van der Waals surface area contributed by atoms with Gasteiger partial charge in [0.1, 0.15) is 0 Å². The second-order valence-corrected chi connectivity index (χ2v) is 6.82. The number of rotatable bonds is 5. The molecule has 0 atom stereocenters. The molecule has 0 unspecified atom stereocenters. The molecule has 3 N–H and O–H groups in total. The van der Waals surface area contributed by atoms with Gasteiger partial charge in [0, 0.05) is 16.5 Å². The highest BCUT2D eigenvalue weighted by Gasteiger charge is 2.27. The van der Waals surface area contributed by atoms with Crippen LogP contribution in [0.5, 0.6) is 17.2 Å². The van der Waals surface area contributed by atoms with Gasteiger partial charge in [0.25, 0.3) is 0 Å². The first-order chi connectivity index (χ1) is 15.3. The summed E-state index contributed by atoms with van der Waals surface area (Å²) in [6, 6.07) is 9.13. The number of aromatic carboxylic acids is 2. The van der Waals surface area contributed by atoms with Gasteiger partial charge in [-0.05, 0) is 48.0 Å². The first-order valence-electron chi connectivity index (χ1n) is 9.23. The van der Waals surface area contributed by atoms with Gasteiger partial charge in [0.05, 0.1) is 25.3 Å². The van der Waals surface area contributed by atoms with Crippen LogP contribution in [0, 0.1) is 0 Å². The fourth-order valence-electron chi connectivity index (χ4n) is 3.69. The van der Waals surface area contributed by atoms with E-state index in [-0.39, 0.29) is 50.8 Å². The van der Waals surface area contributed by atoms with Gasteiger partial charge in [-0.3, -0.25) is 4.79 Å². The SMILES string of the molecule is COc1c2oc3c(OC)c(O)ccc3c(-c3cc(C(=O)O)ccc3C(=O)O)c-2ccc1=O. The lowest BCUT2D eigenvalue weighted by molar-refractivity contribution is 0.0682. The molecule has 0 fully saturated rings. The molecule has 0 spiro atoms. The standard InChI is InChI=1S/C23H16O9/c1-30-20-15(24)7-5-12-17(14-9-10(22(26)27)3-4-11(14)23(28)29)13-6-8-16(25)21(31-2)19(13)32-18(12)20/h3-9,24H,1-2H3,(H,26,27)(H,28,29). The summed E-state index contributed by atoms with van der Waals surface area (Å²) in [6.45, 7) is 0. The molecule has 32 heavy (non-hydrogen) atoms. The Morgan fingerprint density at radius 3 is 2.22 bits per heavy atom. The Morgan fingerprint density at radius 1 is 0.875 bits per heavy atom. The van der Waals surface area contributed by atoms with E-state index in [4.69, 9.17) is 13.9 Å². The highest BCUT2D eigenvalue weighted by molar-refractivity contribution is 6.10. The van der Waals surface area contributed by atoms with Crippen molar-refractivity contribution < 1.29 is 38.8 Å². The summed E-state index contributed by atoms with van der Waals surface area (Å²) < 4.78 is 16.4. The van der Waals surface area contributed by atoms with Crippen LogP contribution in [-0.2, 0) is 0 Å². The summed E-state index contributed by atoms with van der Waals surface area (Å²) in [5, 5.41) is 29.8. The number of hydrogen-bond acceptors (Lipinski definition) is 7. The van der Waals surface area contributed by atoms with Gasteiger partial charge >= 0.3 is 11.9 Å². The molecule has 1 aliphatic carbocycles. The fraction of sp³-hybridized carbons (Fsp3) is 0.0870. The average Bonchev–Trinajstić information content (AvgIpc) is 2.77. The Balaban J connectivity index is 2.29. The Bertz CT molecular complexity index is 1430. The second kappa shape index (κ2) is 7.62. The number of fused-ring (bicyclic) bond motifs is 2. The van der Waals surface area contributed by atoms with Gasteiger partial charge in [-0.15, -0.1) is 0 Å². The van der Waals surface area contributed by atoms with Crippen LogP contribution >= 0.6 is 0 Å². The van der Waals surface area contributed by atoms with E-state index < -0.39 is 17.4 Å². The third kappa shape index (κ3) is 3.07. The molecule has 0 saturated carbocycles. The van der Waals surface area contributed by atoms with Crippen LogP contribution in [0.25, 0.3) is 33.4 Å². The number of benzene rings is 3. The van der Waals surface area contributed by atoms with E-state index in [9.17, 15) is 29.7 Å². The largest absolute Gasteiger partial charge is 0.504 e. The molecule has 0 bridgehead atoms. The normalized spacial score (nSPS) is 10.9. The molecule has 1 heterocycles. The van der Waals surface area contributed by atoms with Crippen molar-refractivity contribution in [2.24, 2.45) is 0 Å². The zero-order valence-electron chi connectivity index (χ0n) is 16.8. The maximum absolute atomic E-state index is 12.4. The van der Waals surface area contributed by atoms with Crippen molar-refractivity contribution in [3.63, 3.8) is 0 Å². The molecule has 1 aliphatic heterocycles. The van der Waals surface area contributed by atoms with Crippen molar-refractivity contribution in [3.05, 3.63) is 63.8 Å². The maximum Gasteiger partial charge on any atom is 0.336 e. The number of aromatic hydroxyl groups is 1. The lowest BCUT2D eigenvalue weighted by Crippen LogP contribution is -2.09. The predicted molar refractivity (Wildman–Crippen MR) is 113 cm³/mol. The summed E-state index contributed by atoms with van der Waals surface area (Å²) in [5.74, 6) is -2.96. The molecule has 0 aromatic heterocycles. The number of carboxylic acids is 2. The Hall–Kier alpha value is -4.53. The topological polar surface area (TPSA) is 144 Å². The van der Waals surface area contributed by atoms with Crippen molar-refractivity contribution in [3.8, 4) is 39.7 Å². The number of carboxylic acid groups (broad SMARTS) is 2. The summed E-state index contributed by atoms with van der Waals surface area (Å²) in [6.07, 6.45) is 0. The van der Waals surface area contributed by atoms with E-state index in [1.54, 1.807) is 0 Å². The lowest BCUT2D eigenvalue weighted by atomic mass is 9.89. The molecule has 9 heteroatoms. The highest BCUT2D eigenvalue weighted by atomic mass is 16.5. The highest BCUT2D eigenvalue weighted by Crippen LogP contribution is 2.48. The van der Waals surface area contributed by atoms with E-state index in [0.29, 0.717) is 10.9 Å². The van der Waals surface area contributed by atoms with E-state index >= 15 is 0 Å². The molecule has 9 nitrogen and oxygen atoms in total. The number of hydrogen-bond donors (Lipinski definition) is 3. The Kier molecular flexibility index (Phi) is 4.94. The third-order valence-electron chi connectivity index (χ3n) is 5.08. The van der Waals surface area contributed by atoms with Gasteiger partial charge in [-0.25, -0.2) is 9.59 Å². The van der Waals surface area contributed by atoms with Crippen LogP contribution < -0.4 is 14.9 Å². The first-order valence-corrected chi connectivity index (χ1v) is 9.23. The van der Waals surface area contributed by atoms with Crippen LogP contribution in [0.15, 0.2) is 51.7 Å². The van der Waals surface area contributed by atoms with Gasteiger partial charge in [0.2, 0.25) is 16.9 Å². The number of carbonyl (C=O) groups is 2. The summed E-state index contributed by atoms with van der Waals surface area (Å²) in [4.78, 5) is 35.9. The third-order valence-corrected chi connectivity index (χ3v) is 5.08. The van der Waals surface area contributed by atoms with Crippen LogP contribution in [0.4, 0.5) is 0 Å². The van der Waals surface area contributed by atoms with Gasteiger partial charge in [0.15, 0.2) is 17.1 Å². The van der Waals surface area contributed by atoms with Gasteiger partial charge in [-0.2, -0.15) is 0 Å². The minimum Gasteiger partial charge on any atom is -0.504 e. The smallest absolute Gasteiger partial charge is 0.336 e. The number of phenols is 1. The molecule has 2 aromatic rings. The Labute approximate surface area is 180 Å². The summed E-state index contributed by atoms with van der Waals surface area (Å²) >= 11 is 0. The van der Waals surface area contributed by atoms with Gasteiger partial charge in [-0.1, -0.05) is 0 Å². The lowest BCUT2D eigenvalue weighted by Gasteiger charge is -2.19. The molecule has 2 aromatic carbocycles. The fourth-order valence-corrected chi connectivity index (χ4v) is 3.69. The van der Waals surface area contributed by atoms with Gasteiger partial charge < -0.3 is 29.2 Å².